The molecule has 8 heteroatoms. The van der Waals surface area contributed by atoms with Gasteiger partial charge in [-0.2, -0.15) is 0 Å². The Balaban J connectivity index is 2.11. The summed E-state index contributed by atoms with van der Waals surface area (Å²) in [5.41, 5.74) is 0.767. The molecular formula is C18H22N2O4S2. The van der Waals surface area contributed by atoms with Crippen molar-refractivity contribution in [1.29, 1.82) is 0 Å². The van der Waals surface area contributed by atoms with Crippen LogP contribution in [0.3, 0.4) is 0 Å². The fourth-order valence-electron chi connectivity index (χ4n) is 2.45. The van der Waals surface area contributed by atoms with E-state index in [9.17, 15) is 14.4 Å². The summed E-state index contributed by atoms with van der Waals surface area (Å²) in [5, 5.41) is 7.69. The van der Waals surface area contributed by atoms with Gasteiger partial charge in [0.2, 0.25) is 5.91 Å². The predicted molar refractivity (Wildman–Crippen MR) is 104 cm³/mol. The summed E-state index contributed by atoms with van der Waals surface area (Å²) in [6.07, 6.45) is 1.89. The van der Waals surface area contributed by atoms with Crippen molar-refractivity contribution in [3.8, 4) is 0 Å². The van der Waals surface area contributed by atoms with Gasteiger partial charge in [-0.25, -0.2) is 4.79 Å². The topological polar surface area (TPSA) is 84.5 Å². The maximum Gasteiger partial charge on any atom is 0.341 e. The van der Waals surface area contributed by atoms with Crippen LogP contribution >= 0.6 is 22.7 Å². The number of esters is 1. The lowest BCUT2D eigenvalue weighted by atomic mass is 10.1. The van der Waals surface area contributed by atoms with Gasteiger partial charge in [-0.05, 0) is 43.7 Å². The number of anilines is 1. The van der Waals surface area contributed by atoms with Crippen LogP contribution in [0, 0.1) is 6.92 Å². The fourth-order valence-corrected chi connectivity index (χ4v) is 4.36. The van der Waals surface area contributed by atoms with E-state index in [0.717, 1.165) is 17.8 Å². The number of aryl methyl sites for hydroxylation is 1. The molecule has 0 aromatic carbocycles. The van der Waals surface area contributed by atoms with Gasteiger partial charge in [-0.3, -0.25) is 9.59 Å². The van der Waals surface area contributed by atoms with Crippen LogP contribution in [0.25, 0.3) is 0 Å². The number of hydrogen-bond donors (Lipinski definition) is 2. The molecule has 6 nitrogen and oxygen atoms in total. The van der Waals surface area contributed by atoms with E-state index < -0.39 is 5.97 Å². The predicted octanol–water partition coefficient (Wildman–Crippen LogP) is 3.62. The molecule has 0 radical (unpaired) electrons. The van der Waals surface area contributed by atoms with Crippen LogP contribution in [0.2, 0.25) is 0 Å². The van der Waals surface area contributed by atoms with E-state index >= 15 is 0 Å². The third kappa shape index (κ3) is 4.92. The molecule has 0 bridgehead atoms. The number of hydrogen-bond acceptors (Lipinski definition) is 6. The number of nitrogens with one attached hydrogen (secondary N) is 2. The van der Waals surface area contributed by atoms with Crippen LogP contribution in [0.1, 0.15) is 50.2 Å². The molecule has 2 aromatic rings. The minimum Gasteiger partial charge on any atom is -0.462 e. The molecule has 0 saturated heterocycles. The van der Waals surface area contributed by atoms with Gasteiger partial charge in [0.05, 0.1) is 17.0 Å². The van der Waals surface area contributed by atoms with Crippen molar-refractivity contribution < 1.29 is 19.1 Å². The zero-order chi connectivity index (χ0) is 19.1. The summed E-state index contributed by atoms with van der Waals surface area (Å²) in [6, 6.07) is 4.03. The first-order valence-electron chi connectivity index (χ1n) is 8.32. The largest absolute Gasteiger partial charge is 0.462 e. The van der Waals surface area contributed by atoms with Gasteiger partial charge in [-0.1, -0.05) is 6.07 Å². The number of carbonyl (C=O) groups is 3. The number of thiophene rings is 2. The SMILES string of the molecule is CCOC(=O)c1c(NC(=O)CCCc2cccs2)sc(C(=O)NC)c1C. The Hall–Kier alpha value is -2.19. The van der Waals surface area contributed by atoms with Crippen molar-refractivity contribution in [2.24, 2.45) is 0 Å². The average molecular weight is 395 g/mol. The molecule has 0 fully saturated rings. The molecule has 2 rings (SSSR count). The summed E-state index contributed by atoms with van der Waals surface area (Å²) in [4.78, 5) is 38.2. The molecule has 0 aliphatic rings. The highest BCUT2D eigenvalue weighted by atomic mass is 32.1. The molecule has 0 atom stereocenters. The molecule has 0 unspecified atom stereocenters. The minimum absolute atomic E-state index is 0.184. The fraction of sp³-hybridized carbons (Fsp3) is 0.389. The van der Waals surface area contributed by atoms with Gasteiger partial charge in [0, 0.05) is 18.3 Å². The van der Waals surface area contributed by atoms with E-state index in [1.165, 1.54) is 11.9 Å². The molecule has 2 amide bonds. The van der Waals surface area contributed by atoms with Crippen LogP contribution in [0.15, 0.2) is 17.5 Å². The minimum atomic E-state index is -0.537. The molecule has 2 N–H and O–H groups in total. The Morgan fingerprint density at radius 1 is 1.27 bits per heavy atom. The molecule has 26 heavy (non-hydrogen) atoms. The first-order chi connectivity index (χ1) is 12.5. The second-order valence-electron chi connectivity index (χ2n) is 5.54. The Morgan fingerprint density at radius 2 is 2.04 bits per heavy atom. The molecule has 2 heterocycles. The van der Waals surface area contributed by atoms with E-state index in [4.69, 9.17) is 4.74 Å². The first-order valence-corrected chi connectivity index (χ1v) is 10.0. The Morgan fingerprint density at radius 3 is 2.65 bits per heavy atom. The molecule has 140 valence electrons. The summed E-state index contributed by atoms with van der Waals surface area (Å²) in [6.45, 7) is 3.61. The van der Waals surface area contributed by atoms with Gasteiger partial charge in [0.15, 0.2) is 0 Å². The smallest absolute Gasteiger partial charge is 0.341 e. The standard InChI is InChI=1S/C18H22N2O4S2/c1-4-24-18(23)14-11(2)15(16(22)19-3)26-17(14)20-13(21)9-5-7-12-8-6-10-25-12/h6,8,10H,4-5,7,9H2,1-3H3,(H,19,22)(H,20,21). The van der Waals surface area contributed by atoms with Crippen molar-refractivity contribution in [2.45, 2.75) is 33.1 Å². The molecule has 0 spiro atoms. The quantitative estimate of drug-likeness (QED) is 0.670. The monoisotopic (exact) mass is 394 g/mol. The highest BCUT2D eigenvalue weighted by Crippen LogP contribution is 2.34. The highest BCUT2D eigenvalue weighted by Gasteiger charge is 2.26. The number of ether oxygens (including phenoxy) is 1. The van der Waals surface area contributed by atoms with Crippen molar-refractivity contribution >= 4 is 45.5 Å². The maximum atomic E-state index is 12.3. The Labute approximate surface area is 160 Å². The number of carbonyl (C=O) groups excluding carboxylic acids is 3. The van der Waals surface area contributed by atoms with Gasteiger partial charge in [0.1, 0.15) is 5.00 Å². The van der Waals surface area contributed by atoms with E-state index in [0.29, 0.717) is 28.3 Å². The van der Waals surface area contributed by atoms with Crippen LogP contribution in [0.4, 0.5) is 5.00 Å². The summed E-state index contributed by atoms with van der Waals surface area (Å²) < 4.78 is 5.07. The third-order valence-electron chi connectivity index (χ3n) is 3.72. The normalized spacial score (nSPS) is 10.4. The summed E-state index contributed by atoms with van der Waals surface area (Å²) in [5.74, 6) is -1.02. The van der Waals surface area contributed by atoms with Crippen molar-refractivity contribution in [3.05, 3.63) is 38.4 Å². The number of rotatable bonds is 8. The maximum absolute atomic E-state index is 12.3. The van der Waals surface area contributed by atoms with E-state index in [1.54, 1.807) is 25.2 Å². The van der Waals surface area contributed by atoms with Crippen molar-refractivity contribution in [1.82, 2.24) is 5.32 Å². The molecule has 0 saturated carbocycles. The van der Waals surface area contributed by atoms with E-state index in [1.807, 2.05) is 17.5 Å². The van der Waals surface area contributed by atoms with Crippen LogP contribution in [0.5, 0.6) is 0 Å². The number of amides is 2. The summed E-state index contributed by atoms with van der Waals surface area (Å²) >= 11 is 2.76. The second kappa shape index (κ2) is 9.49. The van der Waals surface area contributed by atoms with Gasteiger partial charge < -0.3 is 15.4 Å². The molecule has 2 aromatic heterocycles. The zero-order valence-corrected chi connectivity index (χ0v) is 16.6. The van der Waals surface area contributed by atoms with Gasteiger partial charge in [-0.15, -0.1) is 22.7 Å². The van der Waals surface area contributed by atoms with Gasteiger partial charge >= 0.3 is 5.97 Å². The Kier molecular flexibility index (Phi) is 7.35. The van der Waals surface area contributed by atoms with Crippen LogP contribution < -0.4 is 10.6 Å². The van der Waals surface area contributed by atoms with Crippen LogP contribution in [-0.2, 0) is 16.0 Å². The third-order valence-corrected chi connectivity index (χ3v) is 5.86. The van der Waals surface area contributed by atoms with Crippen LogP contribution in [-0.4, -0.2) is 31.4 Å². The molecular weight excluding hydrogens is 372 g/mol. The zero-order valence-electron chi connectivity index (χ0n) is 15.0. The highest BCUT2D eigenvalue weighted by molar-refractivity contribution is 7.18. The second-order valence-corrected chi connectivity index (χ2v) is 7.59. The first kappa shape index (κ1) is 20.1. The summed E-state index contributed by atoms with van der Waals surface area (Å²) in [7, 11) is 1.52. The van der Waals surface area contributed by atoms with Crippen molar-refractivity contribution in [3.63, 3.8) is 0 Å². The lowest BCUT2D eigenvalue weighted by Gasteiger charge is -2.07. The van der Waals surface area contributed by atoms with E-state index in [2.05, 4.69) is 10.6 Å². The van der Waals surface area contributed by atoms with Crippen molar-refractivity contribution in [2.75, 3.05) is 19.0 Å². The Bertz CT molecular complexity index is 781. The lowest BCUT2D eigenvalue weighted by Crippen LogP contribution is -2.18. The average Bonchev–Trinajstić information content (AvgIpc) is 3.22. The molecule has 0 aliphatic heterocycles. The lowest BCUT2D eigenvalue weighted by molar-refractivity contribution is -0.116. The van der Waals surface area contributed by atoms with Gasteiger partial charge in [0.25, 0.3) is 5.91 Å². The van der Waals surface area contributed by atoms with E-state index in [-0.39, 0.29) is 24.0 Å². The molecule has 0 aliphatic carbocycles.